The second kappa shape index (κ2) is 6.38. The van der Waals surface area contributed by atoms with E-state index in [9.17, 15) is 0 Å². The van der Waals surface area contributed by atoms with Crippen molar-refractivity contribution >= 4 is 0 Å². The molecule has 0 amide bonds. The number of likely N-dealkylation sites (N-methyl/N-ethyl adjacent to an activating group) is 1. The molecule has 0 aliphatic carbocycles. The molecule has 0 aromatic carbocycles. The summed E-state index contributed by atoms with van der Waals surface area (Å²) < 4.78 is 0. The van der Waals surface area contributed by atoms with Gasteiger partial charge in [0.1, 0.15) is 0 Å². The van der Waals surface area contributed by atoms with E-state index < -0.39 is 0 Å². The summed E-state index contributed by atoms with van der Waals surface area (Å²) in [6, 6.07) is 0.293. The number of rotatable bonds is 5. The highest BCUT2D eigenvalue weighted by Gasteiger charge is 2.10. The summed E-state index contributed by atoms with van der Waals surface area (Å²) in [4.78, 5) is 4.90. The van der Waals surface area contributed by atoms with Crippen LogP contribution in [0.5, 0.6) is 0 Å². The number of nitrogens with zero attached hydrogens (tertiary/aromatic N) is 2. The van der Waals surface area contributed by atoms with Gasteiger partial charge in [0.05, 0.1) is 0 Å². The highest BCUT2D eigenvalue weighted by atomic mass is 15.2. The first-order chi connectivity index (χ1) is 6.68. The van der Waals surface area contributed by atoms with Crippen LogP contribution in [0.1, 0.15) is 26.2 Å². The zero-order chi connectivity index (χ0) is 10.4. The summed E-state index contributed by atoms with van der Waals surface area (Å²) >= 11 is 0. The van der Waals surface area contributed by atoms with Gasteiger partial charge in [-0.2, -0.15) is 0 Å². The van der Waals surface area contributed by atoms with Crippen molar-refractivity contribution in [2.24, 2.45) is 5.73 Å². The first-order valence-corrected chi connectivity index (χ1v) is 5.85. The van der Waals surface area contributed by atoms with Crippen LogP contribution in [-0.2, 0) is 0 Å². The van der Waals surface area contributed by atoms with Gasteiger partial charge in [0.25, 0.3) is 0 Å². The number of likely N-dealkylation sites (tertiary alicyclic amines) is 1. The number of hydrogen-bond acceptors (Lipinski definition) is 3. The maximum absolute atomic E-state index is 5.75. The molecule has 0 aromatic heterocycles. The van der Waals surface area contributed by atoms with Crippen LogP contribution < -0.4 is 5.73 Å². The zero-order valence-electron chi connectivity index (χ0n) is 9.71. The topological polar surface area (TPSA) is 32.5 Å². The Balaban J connectivity index is 2.06. The van der Waals surface area contributed by atoms with Gasteiger partial charge in [-0.05, 0) is 39.9 Å². The average molecular weight is 199 g/mol. The number of hydrogen-bond donors (Lipinski definition) is 1. The molecule has 14 heavy (non-hydrogen) atoms. The Morgan fingerprint density at radius 2 is 1.93 bits per heavy atom. The summed E-state index contributed by atoms with van der Waals surface area (Å²) in [7, 11) is 2.16. The van der Waals surface area contributed by atoms with Crippen LogP contribution in [0.4, 0.5) is 0 Å². The fourth-order valence-electron chi connectivity index (χ4n) is 2.08. The maximum atomic E-state index is 5.75. The Labute approximate surface area is 88.2 Å². The van der Waals surface area contributed by atoms with Gasteiger partial charge < -0.3 is 15.5 Å². The van der Waals surface area contributed by atoms with Crippen LogP contribution in [0.15, 0.2) is 0 Å². The molecule has 3 nitrogen and oxygen atoms in total. The Kier molecular flexibility index (Phi) is 5.45. The second-order valence-electron chi connectivity index (χ2n) is 4.64. The molecule has 0 bridgehead atoms. The van der Waals surface area contributed by atoms with Gasteiger partial charge >= 0.3 is 0 Å². The van der Waals surface area contributed by atoms with Crippen molar-refractivity contribution in [3.63, 3.8) is 0 Å². The van der Waals surface area contributed by atoms with Crippen molar-refractivity contribution in [2.45, 2.75) is 32.2 Å². The molecule has 1 aliphatic heterocycles. The molecule has 1 heterocycles. The predicted octanol–water partition coefficient (Wildman–Crippen LogP) is 0.751. The van der Waals surface area contributed by atoms with Gasteiger partial charge in [0, 0.05) is 25.7 Å². The van der Waals surface area contributed by atoms with Gasteiger partial charge in [-0.15, -0.1) is 0 Å². The number of piperidine rings is 1. The zero-order valence-corrected chi connectivity index (χ0v) is 9.71. The molecule has 3 heteroatoms. The summed E-state index contributed by atoms with van der Waals surface area (Å²) in [6.07, 6.45) is 4.19. The van der Waals surface area contributed by atoms with E-state index >= 15 is 0 Å². The van der Waals surface area contributed by atoms with Crippen LogP contribution in [0, 0.1) is 0 Å². The predicted molar refractivity (Wildman–Crippen MR) is 61.4 cm³/mol. The Hall–Kier alpha value is -0.120. The van der Waals surface area contributed by atoms with Crippen LogP contribution in [-0.4, -0.2) is 55.6 Å². The second-order valence-corrected chi connectivity index (χ2v) is 4.64. The van der Waals surface area contributed by atoms with Crippen LogP contribution in [0.25, 0.3) is 0 Å². The van der Waals surface area contributed by atoms with Crippen molar-refractivity contribution < 1.29 is 0 Å². The van der Waals surface area contributed by atoms with Gasteiger partial charge in [-0.1, -0.05) is 6.42 Å². The normalized spacial score (nSPS) is 21.4. The van der Waals surface area contributed by atoms with E-state index in [-0.39, 0.29) is 0 Å². The molecule has 1 fully saturated rings. The van der Waals surface area contributed by atoms with E-state index in [1.807, 2.05) is 0 Å². The average Bonchev–Trinajstić information content (AvgIpc) is 2.15. The van der Waals surface area contributed by atoms with Gasteiger partial charge in [-0.25, -0.2) is 0 Å². The third kappa shape index (κ3) is 4.94. The smallest absolute Gasteiger partial charge is 0.0139 e. The molecule has 2 N–H and O–H groups in total. The fraction of sp³-hybridized carbons (Fsp3) is 1.00. The van der Waals surface area contributed by atoms with Crippen molar-refractivity contribution in [2.75, 3.05) is 39.8 Å². The Morgan fingerprint density at radius 1 is 1.29 bits per heavy atom. The van der Waals surface area contributed by atoms with E-state index in [1.165, 1.54) is 38.9 Å². The molecule has 0 spiro atoms. The molecule has 1 rings (SSSR count). The molecule has 1 unspecified atom stereocenters. The summed E-state index contributed by atoms with van der Waals surface area (Å²) in [5, 5.41) is 0. The minimum Gasteiger partial charge on any atom is -0.327 e. The Bertz CT molecular complexity index is 141. The SMILES string of the molecule is CC(N)CN(C)CCN1CCCCC1. The van der Waals surface area contributed by atoms with E-state index in [4.69, 9.17) is 5.73 Å². The molecule has 0 aromatic rings. The van der Waals surface area contributed by atoms with Gasteiger partial charge in [0.15, 0.2) is 0 Å². The van der Waals surface area contributed by atoms with Crippen LogP contribution >= 0.6 is 0 Å². The lowest BCUT2D eigenvalue weighted by atomic mass is 10.1. The first kappa shape index (κ1) is 12.0. The van der Waals surface area contributed by atoms with Gasteiger partial charge in [0.2, 0.25) is 0 Å². The van der Waals surface area contributed by atoms with Crippen molar-refractivity contribution in [1.29, 1.82) is 0 Å². The third-order valence-corrected chi connectivity index (χ3v) is 2.85. The van der Waals surface area contributed by atoms with Crippen molar-refractivity contribution in [3.8, 4) is 0 Å². The lowest BCUT2D eigenvalue weighted by Crippen LogP contribution is -2.40. The van der Waals surface area contributed by atoms with E-state index in [2.05, 4.69) is 23.8 Å². The molecule has 1 atom stereocenters. The summed E-state index contributed by atoms with van der Waals surface area (Å²) in [6.45, 7) is 8.04. The highest BCUT2D eigenvalue weighted by Crippen LogP contribution is 2.07. The van der Waals surface area contributed by atoms with Crippen molar-refractivity contribution in [3.05, 3.63) is 0 Å². The Morgan fingerprint density at radius 3 is 2.50 bits per heavy atom. The monoisotopic (exact) mass is 199 g/mol. The third-order valence-electron chi connectivity index (χ3n) is 2.85. The summed E-state index contributed by atoms with van der Waals surface area (Å²) in [5.41, 5.74) is 5.75. The molecule has 84 valence electrons. The maximum Gasteiger partial charge on any atom is 0.0139 e. The van der Waals surface area contributed by atoms with Crippen LogP contribution in [0.3, 0.4) is 0 Å². The van der Waals surface area contributed by atoms with Gasteiger partial charge in [-0.3, -0.25) is 0 Å². The molecular formula is C11H25N3. The molecule has 0 saturated carbocycles. The largest absolute Gasteiger partial charge is 0.327 e. The lowest BCUT2D eigenvalue weighted by Gasteiger charge is -2.28. The molecule has 1 saturated heterocycles. The summed E-state index contributed by atoms with van der Waals surface area (Å²) in [5.74, 6) is 0. The quantitative estimate of drug-likeness (QED) is 0.709. The van der Waals surface area contributed by atoms with E-state index in [0.717, 1.165) is 13.1 Å². The minimum atomic E-state index is 0.293. The van der Waals surface area contributed by atoms with Crippen molar-refractivity contribution in [1.82, 2.24) is 9.80 Å². The minimum absolute atomic E-state index is 0.293. The fourth-order valence-corrected chi connectivity index (χ4v) is 2.08. The lowest BCUT2D eigenvalue weighted by molar-refractivity contribution is 0.194. The molecular weight excluding hydrogens is 174 g/mol. The first-order valence-electron chi connectivity index (χ1n) is 5.85. The van der Waals surface area contributed by atoms with E-state index in [1.54, 1.807) is 0 Å². The van der Waals surface area contributed by atoms with E-state index in [0.29, 0.717) is 6.04 Å². The number of nitrogens with two attached hydrogens (primary N) is 1. The molecule has 0 radical (unpaired) electrons. The molecule has 1 aliphatic rings. The van der Waals surface area contributed by atoms with Crippen LogP contribution in [0.2, 0.25) is 0 Å². The highest BCUT2D eigenvalue weighted by molar-refractivity contribution is 4.67. The standard InChI is InChI=1S/C11H25N3/c1-11(12)10-13(2)8-9-14-6-4-3-5-7-14/h11H,3-10,12H2,1-2H3.